The maximum absolute atomic E-state index is 12.2. The monoisotopic (exact) mass is 340 g/mol. The Bertz CT molecular complexity index is 706. The summed E-state index contributed by atoms with van der Waals surface area (Å²) in [5.74, 6) is -0.0891. The smallest absolute Gasteiger partial charge is 0.255 e. The minimum absolute atomic E-state index is 0.0407. The summed E-state index contributed by atoms with van der Waals surface area (Å²) in [6, 6.07) is 13.0. The summed E-state index contributed by atoms with van der Waals surface area (Å²) in [7, 11) is 0. The molecule has 0 aliphatic carbocycles. The number of hydrogen-bond donors (Lipinski definition) is 2. The van der Waals surface area contributed by atoms with Crippen LogP contribution in [0.4, 0.5) is 11.4 Å². The minimum Gasteiger partial charge on any atom is -0.326 e. The summed E-state index contributed by atoms with van der Waals surface area (Å²) >= 11 is 0. The van der Waals surface area contributed by atoms with Crippen molar-refractivity contribution < 1.29 is 9.59 Å². The topological polar surface area (TPSA) is 58.2 Å². The van der Waals surface area contributed by atoms with Crippen molar-refractivity contribution in [1.29, 1.82) is 0 Å². The molecule has 0 spiro atoms. The van der Waals surface area contributed by atoms with Gasteiger partial charge in [0.25, 0.3) is 5.91 Å². The Hall–Kier alpha value is -2.62. The van der Waals surface area contributed by atoms with Crippen molar-refractivity contribution in [3.63, 3.8) is 0 Å². The fourth-order valence-electron chi connectivity index (χ4n) is 2.37. The molecule has 0 bridgehead atoms. The summed E-state index contributed by atoms with van der Waals surface area (Å²) in [6.45, 7) is 9.99. The molecular weight excluding hydrogens is 312 g/mol. The quantitative estimate of drug-likeness (QED) is 0.791. The van der Waals surface area contributed by atoms with Crippen LogP contribution in [0.3, 0.4) is 0 Å². The molecule has 0 unspecified atom stereocenters. The second-order valence-corrected chi connectivity index (χ2v) is 5.24. The summed E-state index contributed by atoms with van der Waals surface area (Å²) in [5.41, 5.74) is 4.38. The predicted octanol–water partition coefficient (Wildman–Crippen LogP) is 5.18. The molecular formula is C21H28N2O2. The number of aryl methyl sites for hydroxylation is 2. The Morgan fingerprint density at radius 2 is 1.60 bits per heavy atom. The molecule has 0 saturated carbocycles. The second kappa shape index (κ2) is 10.3. The van der Waals surface area contributed by atoms with Gasteiger partial charge in [0.15, 0.2) is 0 Å². The standard InChI is InChI=1S/C17H16N2O2.2C2H6/c1-11-2-4-12(5-3-11)17(21)18-14-7-8-15-13(10-14)6-9-16(20)19-15;2*1-2/h2-5,7-8,10H,6,9H2,1H3,(H,18,21)(H,19,20);2*1-2H3. The molecule has 2 N–H and O–H groups in total. The van der Waals surface area contributed by atoms with E-state index in [0.29, 0.717) is 18.4 Å². The molecule has 0 saturated heterocycles. The normalized spacial score (nSPS) is 11.6. The van der Waals surface area contributed by atoms with E-state index in [1.807, 2.05) is 71.0 Å². The van der Waals surface area contributed by atoms with E-state index < -0.39 is 0 Å². The number of amides is 2. The molecule has 0 atom stereocenters. The van der Waals surface area contributed by atoms with Gasteiger partial charge in [-0.25, -0.2) is 0 Å². The van der Waals surface area contributed by atoms with Gasteiger partial charge in [0.2, 0.25) is 5.91 Å². The van der Waals surface area contributed by atoms with Gasteiger partial charge in [-0.05, 0) is 49.2 Å². The summed E-state index contributed by atoms with van der Waals surface area (Å²) in [4.78, 5) is 23.5. The van der Waals surface area contributed by atoms with Crippen LogP contribution >= 0.6 is 0 Å². The van der Waals surface area contributed by atoms with Gasteiger partial charge in [0, 0.05) is 23.4 Å². The first-order chi connectivity index (χ1) is 12.1. The molecule has 2 amide bonds. The Morgan fingerprint density at radius 3 is 2.24 bits per heavy atom. The van der Waals surface area contributed by atoms with E-state index in [9.17, 15) is 9.59 Å². The van der Waals surface area contributed by atoms with Gasteiger partial charge in [-0.2, -0.15) is 0 Å². The summed E-state index contributed by atoms with van der Waals surface area (Å²) < 4.78 is 0. The van der Waals surface area contributed by atoms with Crippen molar-refractivity contribution in [2.75, 3.05) is 10.6 Å². The van der Waals surface area contributed by atoms with Crippen molar-refractivity contribution in [1.82, 2.24) is 0 Å². The average molecular weight is 340 g/mol. The molecule has 1 aliphatic heterocycles. The molecule has 134 valence electrons. The van der Waals surface area contributed by atoms with Crippen LogP contribution in [0.15, 0.2) is 42.5 Å². The third kappa shape index (κ3) is 5.75. The molecule has 4 nitrogen and oxygen atoms in total. The fourth-order valence-corrected chi connectivity index (χ4v) is 2.37. The summed E-state index contributed by atoms with van der Waals surface area (Å²) in [6.07, 6.45) is 1.19. The lowest BCUT2D eigenvalue weighted by atomic mass is 10.0. The van der Waals surface area contributed by atoms with E-state index in [0.717, 1.165) is 22.5 Å². The predicted molar refractivity (Wildman–Crippen MR) is 105 cm³/mol. The van der Waals surface area contributed by atoms with Crippen LogP contribution in [0.1, 0.15) is 55.6 Å². The van der Waals surface area contributed by atoms with Crippen LogP contribution in [0.5, 0.6) is 0 Å². The van der Waals surface area contributed by atoms with E-state index in [4.69, 9.17) is 0 Å². The van der Waals surface area contributed by atoms with Crippen molar-refractivity contribution in [2.45, 2.75) is 47.5 Å². The molecule has 3 rings (SSSR count). The molecule has 25 heavy (non-hydrogen) atoms. The first kappa shape index (κ1) is 20.4. The summed E-state index contributed by atoms with van der Waals surface area (Å²) in [5, 5.41) is 5.71. The zero-order valence-corrected chi connectivity index (χ0v) is 15.8. The molecule has 2 aromatic rings. The van der Waals surface area contributed by atoms with E-state index in [2.05, 4.69) is 10.6 Å². The molecule has 1 heterocycles. The van der Waals surface area contributed by atoms with Gasteiger partial charge in [0.1, 0.15) is 0 Å². The highest BCUT2D eigenvalue weighted by atomic mass is 16.2. The molecule has 0 radical (unpaired) electrons. The van der Waals surface area contributed by atoms with E-state index in [1.54, 1.807) is 6.07 Å². The van der Waals surface area contributed by atoms with Gasteiger partial charge in [-0.3, -0.25) is 9.59 Å². The van der Waals surface area contributed by atoms with Crippen molar-refractivity contribution in [2.24, 2.45) is 0 Å². The number of carbonyl (C=O) groups is 2. The average Bonchev–Trinajstić information content (AvgIpc) is 2.65. The van der Waals surface area contributed by atoms with Crippen LogP contribution in [0.2, 0.25) is 0 Å². The maximum atomic E-state index is 12.2. The van der Waals surface area contributed by atoms with Crippen LogP contribution < -0.4 is 10.6 Å². The van der Waals surface area contributed by atoms with Gasteiger partial charge in [0.05, 0.1) is 0 Å². The van der Waals surface area contributed by atoms with Crippen LogP contribution in [-0.2, 0) is 11.2 Å². The lowest BCUT2D eigenvalue weighted by Crippen LogP contribution is -2.19. The number of hydrogen-bond acceptors (Lipinski definition) is 2. The first-order valence-corrected chi connectivity index (χ1v) is 8.92. The Labute approximate surface area is 150 Å². The minimum atomic E-state index is -0.130. The Morgan fingerprint density at radius 1 is 0.960 bits per heavy atom. The lowest BCUT2D eigenvalue weighted by molar-refractivity contribution is -0.116. The number of benzene rings is 2. The number of carbonyl (C=O) groups excluding carboxylic acids is 2. The zero-order chi connectivity index (χ0) is 18.8. The molecule has 0 aromatic heterocycles. The number of anilines is 2. The van der Waals surface area contributed by atoms with Crippen molar-refractivity contribution in [3.05, 3.63) is 59.2 Å². The molecule has 1 aliphatic rings. The van der Waals surface area contributed by atoms with E-state index in [1.165, 1.54) is 0 Å². The van der Waals surface area contributed by atoms with Crippen LogP contribution in [0, 0.1) is 6.92 Å². The number of nitrogens with one attached hydrogen (secondary N) is 2. The Balaban J connectivity index is 0.000000730. The molecule has 2 aromatic carbocycles. The number of rotatable bonds is 2. The van der Waals surface area contributed by atoms with Gasteiger partial charge in [-0.15, -0.1) is 0 Å². The van der Waals surface area contributed by atoms with E-state index in [-0.39, 0.29) is 11.8 Å². The zero-order valence-electron chi connectivity index (χ0n) is 15.8. The van der Waals surface area contributed by atoms with Gasteiger partial charge in [-0.1, -0.05) is 45.4 Å². The SMILES string of the molecule is CC.CC.Cc1ccc(C(=O)Nc2ccc3c(c2)CCC(=O)N3)cc1. The highest BCUT2D eigenvalue weighted by Gasteiger charge is 2.15. The van der Waals surface area contributed by atoms with E-state index >= 15 is 0 Å². The lowest BCUT2D eigenvalue weighted by Gasteiger charge is -2.17. The third-order valence-corrected chi connectivity index (χ3v) is 3.57. The molecule has 4 heteroatoms. The number of fused-ring (bicyclic) bond motifs is 1. The maximum Gasteiger partial charge on any atom is 0.255 e. The van der Waals surface area contributed by atoms with Gasteiger partial charge >= 0.3 is 0 Å². The first-order valence-electron chi connectivity index (χ1n) is 8.92. The Kier molecular flexibility index (Phi) is 8.40. The van der Waals surface area contributed by atoms with Crippen molar-refractivity contribution >= 4 is 23.2 Å². The molecule has 0 fully saturated rings. The largest absolute Gasteiger partial charge is 0.326 e. The fraction of sp³-hybridized carbons (Fsp3) is 0.333. The third-order valence-electron chi connectivity index (χ3n) is 3.57. The van der Waals surface area contributed by atoms with Crippen molar-refractivity contribution in [3.8, 4) is 0 Å². The van der Waals surface area contributed by atoms with Crippen LogP contribution in [-0.4, -0.2) is 11.8 Å². The second-order valence-electron chi connectivity index (χ2n) is 5.24. The van der Waals surface area contributed by atoms with Crippen LogP contribution in [0.25, 0.3) is 0 Å². The highest BCUT2D eigenvalue weighted by molar-refractivity contribution is 6.04. The van der Waals surface area contributed by atoms with Gasteiger partial charge < -0.3 is 10.6 Å². The highest BCUT2D eigenvalue weighted by Crippen LogP contribution is 2.25.